The van der Waals surface area contributed by atoms with Crippen molar-refractivity contribution in [3.63, 3.8) is 0 Å². The summed E-state index contributed by atoms with van der Waals surface area (Å²) in [5.74, 6) is 1.13. The quantitative estimate of drug-likeness (QED) is 0.867. The summed E-state index contributed by atoms with van der Waals surface area (Å²) < 4.78 is 0. The minimum Gasteiger partial charge on any atom is -0.354 e. The Hall–Kier alpha value is -1.09. The number of rotatable bonds is 5. The standard InChI is InChI=1S/C15H25N3/c1-5-18(13-6-7-13)14-10-12(8-9-16-14)11-17-15(2,3)4/h8-10,13,17H,5-7,11H2,1-4H3. The van der Waals surface area contributed by atoms with E-state index >= 15 is 0 Å². The van der Waals surface area contributed by atoms with Crippen molar-refractivity contribution in [1.82, 2.24) is 10.3 Å². The van der Waals surface area contributed by atoms with Crippen molar-refractivity contribution in [2.45, 2.75) is 58.7 Å². The van der Waals surface area contributed by atoms with Crippen LogP contribution in [-0.4, -0.2) is 23.1 Å². The van der Waals surface area contributed by atoms with E-state index in [9.17, 15) is 0 Å². The lowest BCUT2D eigenvalue weighted by molar-refractivity contribution is 0.424. The molecular formula is C15H25N3. The second-order valence-electron chi connectivity index (χ2n) is 6.14. The maximum absolute atomic E-state index is 4.51. The van der Waals surface area contributed by atoms with Crippen LogP contribution >= 0.6 is 0 Å². The van der Waals surface area contributed by atoms with Gasteiger partial charge in [-0.05, 0) is 58.2 Å². The summed E-state index contributed by atoms with van der Waals surface area (Å²) in [4.78, 5) is 6.93. The molecule has 1 N–H and O–H groups in total. The number of pyridine rings is 1. The van der Waals surface area contributed by atoms with Crippen LogP contribution in [0.15, 0.2) is 18.3 Å². The minimum atomic E-state index is 0.157. The second kappa shape index (κ2) is 5.27. The van der Waals surface area contributed by atoms with Crippen molar-refractivity contribution in [1.29, 1.82) is 0 Å². The molecule has 18 heavy (non-hydrogen) atoms. The molecule has 0 saturated heterocycles. The zero-order valence-electron chi connectivity index (χ0n) is 12.0. The van der Waals surface area contributed by atoms with Gasteiger partial charge in [0.15, 0.2) is 0 Å². The van der Waals surface area contributed by atoms with Crippen LogP contribution in [0.25, 0.3) is 0 Å². The smallest absolute Gasteiger partial charge is 0.129 e. The molecule has 1 saturated carbocycles. The molecule has 0 unspecified atom stereocenters. The zero-order valence-corrected chi connectivity index (χ0v) is 12.0. The fraction of sp³-hybridized carbons (Fsp3) is 0.667. The SMILES string of the molecule is CCN(c1cc(CNC(C)(C)C)ccn1)C1CC1. The van der Waals surface area contributed by atoms with E-state index in [1.165, 1.54) is 18.4 Å². The first-order valence-corrected chi connectivity index (χ1v) is 6.96. The van der Waals surface area contributed by atoms with Crippen LogP contribution in [-0.2, 0) is 6.54 Å². The summed E-state index contributed by atoms with van der Waals surface area (Å²) in [6.07, 6.45) is 4.57. The summed E-state index contributed by atoms with van der Waals surface area (Å²) in [6, 6.07) is 5.05. The third-order valence-electron chi connectivity index (χ3n) is 3.26. The average Bonchev–Trinajstić information content (AvgIpc) is 3.12. The van der Waals surface area contributed by atoms with Crippen LogP contribution in [0.1, 0.15) is 46.1 Å². The number of nitrogens with one attached hydrogen (secondary N) is 1. The molecule has 3 nitrogen and oxygen atoms in total. The molecular weight excluding hydrogens is 222 g/mol. The van der Waals surface area contributed by atoms with Gasteiger partial charge in [-0.15, -0.1) is 0 Å². The van der Waals surface area contributed by atoms with Crippen molar-refractivity contribution in [2.75, 3.05) is 11.4 Å². The van der Waals surface area contributed by atoms with Gasteiger partial charge in [0, 0.05) is 30.9 Å². The van der Waals surface area contributed by atoms with Gasteiger partial charge in [0.1, 0.15) is 5.82 Å². The molecule has 1 aliphatic rings. The van der Waals surface area contributed by atoms with E-state index in [0.29, 0.717) is 0 Å². The molecule has 0 aliphatic heterocycles. The van der Waals surface area contributed by atoms with Gasteiger partial charge in [0.05, 0.1) is 0 Å². The lowest BCUT2D eigenvalue weighted by Crippen LogP contribution is -2.35. The number of anilines is 1. The molecule has 0 atom stereocenters. The van der Waals surface area contributed by atoms with Crippen LogP contribution in [0.2, 0.25) is 0 Å². The maximum Gasteiger partial charge on any atom is 0.129 e. The predicted molar refractivity (Wildman–Crippen MR) is 76.9 cm³/mol. The van der Waals surface area contributed by atoms with Crippen molar-refractivity contribution in [3.8, 4) is 0 Å². The van der Waals surface area contributed by atoms with Crippen LogP contribution in [0.5, 0.6) is 0 Å². The van der Waals surface area contributed by atoms with Gasteiger partial charge in [-0.1, -0.05) is 0 Å². The Kier molecular flexibility index (Phi) is 3.91. The first-order chi connectivity index (χ1) is 8.49. The fourth-order valence-corrected chi connectivity index (χ4v) is 2.09. The van der Waals surface area contributed by atoms with Gasteiger partial charge in [-0.3, -0.25) is 0 Å². The van der Waals surface area contributed by atoms with Gasteiger partial charge in [0.25, 0.3) is 0 Å². The summed E-state index contributed by atoms with van der Waals surface area (Å²) in [6.45, 7) is 10.7. The van der Waals surface area contributed by atoms with Crippen molar-refractivity contribution in [3.05, 3.63) is 23.9 Å². The summed E-state index contributed by atoms with van der Waals surface area (Å²) in [5, 5.41) is 3.52. The molecule has 0 bridgehead atoms. The molecule has 1 aromatic heterocycles. The Bertz CT molecular complexity index is 391. The molecule has 100 valence electrons. The Morgan fingerprint density at radius 1 is 1.39 bits per heavy atom. The first-order valence-electron chi connectivity index (χ1n) is 6.96. The highest BCUT2D eigenvalue weighted by atomic mass is 15.2. The largest absolute Gasteiger partial charge is 0.354 e. The van der Waals surface area contributed by atoms with E-state index < -0.39 is 0 Å². The monoisotopic (exact) mass is 247 g/mol. The van der Waals surface area contributed by atoms with E-state index in [1.807, 2.05) is 6.20 Å². The van der Waals surface area contributed by atoms with Crippen molar-refractivity contribution in [2.24, 2.45) is 0 Å². The van der Waals surface area contributed by atoms with Gasteiger partial charge in [-0.25, -0.2) is 4.98 Å². The maximum atomic E-state index is 4.51. The number of aromatic nitrogens is 1. The number of hydrogen-bond donors (Lipinski definition) is 1. The molecule has 1 aromatic rings. The van der Waals surface area contributed by atoms with Crippen molar-refractivity contribution < 1.29 is 0 Å². The second-order valence-corrected chi connectivity index (χ2v) is 6.14. The third-order valence-corrected chi connectivity index (χ3v) is 3.26. The van der Waals surface area contributed by atoms with Gasteiger partial charge < -0.3 is 10.2 Å². The van der Waals surface area contributed by atoms with E-state index in [0.717, 1.165) is 24.9 Å². The predicted octanol–water partition coefficient (Wildman–Crippen LogP) is 2.96. The minimum absolute atomic E-state index is 0.157. The highest BCUT2D eigenvalue weighted by Crippen LogP contribution is 2.30. The molecule has 2 rings (SSSR count). The number of nitrogens with zero attached hydrogens (tertiary/aromatic N) is 2. The summed E-state index contributed by atoms with van der Waals surface area (Å²) in [7, 11) is 0. The Morgan fingerprint density at radius 3 is 2.67 bits per heavy atom. The summed E-state index contributed by atoms with van der Waals surface area (Å²) in [5.41, 5.74) is 1.47. The normalized spacial score (nSPS) is 15.8. The third kappa shape index (κ3) is 3.70. The Balaban J connectivity index is 2.04. The fourth-order valence-electron chi connectivity index (χ4n) is 2.09. The highest BCUT2D eigenvalue weighted by Gasteiger charge is 2.28. The van der Waals surface area contributed by atoms with E-state index in [-0.39, 0.29) is 5.54 Å². The summed E-state index contributed by atoms with van der Waals surface area (Å²) >= 11 is 0. The van der Waals surface area contributed by atoms with E-state index in [4.69, 9.17) is 0 Å². The van der Waals surface area contributed by atoms with Gasteiger partial charge in [0.2, 0.25) is 0 Å². The van der Waals surface area contributed by atoms with Crippen LogP contribution < -0.4 is 10.2 Å². The average molecular weight is 247 g/mol. The molecule has 1 heterocycles. The molecule has 0 radical (unpaired) electrons. The van der Waals surface area contributed by atoms with Crippen LogP contribution in [0.3, 0.4) is 0 Å². The highest BCUT2D eigenvalue weighted by molar-refractivity contribution is 5.43. The molecule has 1 aliphatic carbocycles. The topological polar surface area (TPSA) is 28.2 Å². The van der Waals surface area contributed by atoms with Gasteiger partial charge >= 0.3 is 0 Å². The molecule has 0 spiro atoms. The number of hydrogen-bond acceptors (Lipinski definition) is 3. The molecule has 1 fully saturated rings. The van der Waals surface area contributed by atoms with Gasteiger partial charge in [-0.2, -0.15) is 0 Å². The molecule has 0 aromatic carbocycles. The Labute approximate surface area is 111 Å². The van der Waals surface area contributed by atoms with E-state index in [1.54, 1.807) is 0 Å². The lowest BCUT2D eigenvalue weighted by atomic mass is 10.1. The molecule has 0 amide bonds. The first kappa shape index (κ1) is 13.3. The van der Waals surface area contributed by atoms with Crippen molar-refractivity contribution >= 4 is 5.82 Å². The lowest BCUT2D eigenvalue weighted by Gasteiger charge is -2.23. The Morgan fingerprint density at radius 2 is 2.11 bits per heavy atom. The van der Waals surface area contributed by atoms with E-state index in [2.05, 4.69) is 55.0 Å². The zero-order chi connectivity index (χ0) is 13.2. The molecule has 3 heteroatoms. The van der Waals surface area contributed by atoms with Crippen LogP contribution in [0.4, 0.5) is 5.82 Å². The van der Waals surface area contributed by atoms with Crippen LogP contribution in [0, 0.1) is 0 Å².